The van der Waals surface area contributed by atoms with E-state index >= 15 is 0 Å². The zero-order valence-electron chi connectivity index (χ0n) is 16.4. The van der Waals surface area contributed by atoms with Crippen LogP contribution in [0.2, 0.25) is 0 Å². The van der Waals surface area contributed by atoms with Crippen molar-refractivity contribution in [3.8, 4) is 11.1 Å². The number of carboxylic acid groups (broad SMARTS) is 1. The second-order valence-corrected chi connectivity index (χ2v) is 7.55. The van der Waals surface area contributed by atoms with Crippen molar-refractivity contribution in [3.05, 3.63) is 29.8 Å². The van der Waals surface area contributed by atoms with Gasteiger partial charge in [-0.05, 0) is 25.8 Å². The normalized spacial score (nSPS) is 15.1. The molecule has 0 radical (unpaired) electrons. The molecule has 3 aromatic rings. The fourth-order valence-corrected chi connectivity index (χ4v) is 3.92. The van der Waals surface area contributed by atoms with Crippen LogP contribution >= 0.6 is 0 Å². The molecule has 28 heavy (non-hydrogen) atoms. The van der Waals surface area contributed by atoms with E-state index in [0.717, 1.165) is 47.9 Å². The van der Waals surface area contributed by atoms with Crippen molar-refractivity contribution in [2.45, 2.75) is 45.1 Å². The molecule has 0 unspecified atom stereocenters. The maximum Gasteiger partial charge on any atom is 0.354 e. The zero-order chi connectivity index (χ0) is 19.8. The van der Waals surface area contributed by atoms with Gasteiger partial charge < -0.3 is 10.0 Å². The summed E-state index contributed by atoms with van der Waals surface area (Å²) in [6.45, 7) is 1.95. The van der Waals surface area contributed by atoms with E-state index in [-0.39, 0.29) is 11.7 Å². The molecule has 0 aromatic carbocycles. The van der Waals surface area contributed by atoms with Gasteiger partial charge in [0.1, 0.15) is 0 Å². The monoisotopic (exact) mass is 380 g/mol. The van der Waals surface area contributed by atoms with Gasteiger partial charge in [-0.1, -0.05) is 19.3 Å². The molecule has 3 heterocycles. The fourth-order valence-electron chi connectivity index (χ4n) is 3.92. The Bertz CT molecular complexity index is 1020. The number of carbonyl (C=O) groups is 1. The van der Waals surface area contributed by atoms with Crippen LogP contribution in [0.15, 0.2) is 18.5 Å². The maximum atomic E-state index is 11.7. The summed E-state index contributed by atoms with van der Waals surface area (Å²) >= 11 is 0. The molecule has 8 heteroatoms. The quantitative estimate of drug-likeness (QED) is 0.740. The number of hydrogen-bond acceptors (Lipinski definition) is 6. The molecule has 8 nitrogen and oxygen atoms in total. The summed E-state index contributed by atoms with van der Waals surface area (Å²) in [4.78, 5) is 26.8. The van der Waals surface area contributed by atoms with Gasteiger partial charge in [-0.25, -0.2) is 24.4 Å². The molecular formula is C20H24N6O2. The zero-order valence-corrected chi connectivity index (χ0v) is 16.4. The van der Waals surface area contributed by atoms with Crippen LogP contribution in [-0.2, 0) is 0 Å². The number of carboxylic acids is 1. The number of aromatic nitrogens is 5. The van der Waals surface area contributed by atoms with Crippen LogP contribution in [0.5, 0.6) is 0 Å². The number of fused-ring (bicyclic) bond motifs is 1. The van der Waals surface area contributed by atoms with E-state index in [1.807, 2.05) is 30.6 Å². The molecule has 1 saturated carbocycles. The van der Waals surface area contributed by atoms with Crippen LogP contribution < -0.4 is 4.90 Å². The Morgan fingerprint density at radius 2 is 1.86 bits per heavy atom. The number of hydrogen-bond donors (Lipinski definition) is 1. The largest absolute Gasteiger partial charge is 0.477 e. The summed E-state index contributed by atoms with van der Waals surface area (Å²) in [5.41, 5.74) is 3.00. The standard InChI is InChI=1S/C20H24N6O2/c1-12-17-15(13-10-21-20(22-11-13)25(2)3)9-16(19(27)28)23-18(17)26(24-12)14-7-5-4-6-8-14/h9-11,14H,4-8H2,1-3H3,(H,27,28). The van der Waals surface area contributed by atoms with Crippen molar-refractivity contribution >= 4 is 23.0 Å². The lowest BCUT2D eigenvalue weighted by molar-refractivity contribution is 0.0691. The second kappa shape index (κ2) is 7.18. The predicted octanol–water partition coefficient (Wildman–Crippen LogP) is 3.47. The van der Waals surface area contributed by atoms with E-state index < -0.39 is 5.97 Å². The van der Waals surface area contributed by atoms with Gasteiger partial charge in [0, 0.05) is 43.0 Å². The molecule has 3 aromatic heterocycles. The molecule has 0 aliphatic heterocycles. The van der Waals surface area contributed by atoms with Gasteiger partial charge in [0.05, 0.1) is 11.7 Å². The molecular weight excluding hydrogens is 356 g/mol. The van der Waals surface area contributed by atoms with E-state index in [1.165, 1.54) is 6.42 Å². The molecule has 1 N–H and O–H groups in total. The lowest BCUT2D eigenvalue weighted by atomic mass is 9.95. The SMILES string of the molecule is Cc1nn(C2CCCCC2)c2nc(C(=O)O)cc(-c3cnc(N(C)C)nc3)c12. The molecule has 1 fully saturated rings. The summed E-state index contributed by atoms with van der Waals surface area (Å²) in [6, 6.07) is 1.86. The van der Waals surface area contributed by atoms with E-state index in [2.05, 4.69) is 15.0 Å². The topological polar surface area (TPSA) is 97.0 Å². The van der Waals surface area contributed by atoms with Crippen LogP contribution in [-0.4, -0.2) is 49.9 Å². The highest BCUT2D eigenvalue weighted by atomic mass is 16.4. The van der Waals surface area contributed by atoms with Crippen molar-refractivity contribution in [3.63, 3.8) is 0 Å². The minimum atomic E-state index is -1.05. The summed E-state index contributed by atoms with van der Waals surface area (Å²) < 4.78 is 1.94. The van der Waals surface area contributed by atoms with Gasteiger partial charge in [0.15, 0.2) is 11.3 Å². The van der Waals surface area contributed by atoms with Gasteiger partial charge in [-0.2, -0.15) is 5.10 Å². The van der Waals surface area contributed by atoms with Crippen LogP contribution in [0.25, 0.3) is 22.2 Å². The Morgan fingerprint density at radius 3 is 2.46 bits per heavy atom. The van der Waals surface area contributed by atoms with Gasteiger partial charge >= 0.3 is 5.97 Å². The lowest BCUT2D eigenvalue weighted by Crippen LogP contribution is -2.15. The molecule has 0 saturated heterocycles. The lowest BCUT2D eigenvalue weighted by Gasteiger charge is -2.22. The maximum absolute atomic E-state index is 11.7. The number of aromatic carboxylic acids is 1. The minimum Gasteiger partial charge on any atom is -0.477 e. The Labute approximate surface area is 163 Å². The van der Waals surface area contributed by atoms with E-state index in [0.29, 0.717) is 11.6 Å². The Kier molecular flexibility index (Phi) is 4.70. The van der Waals surface area contributed by atoms with Crippen molar-refractivity contribution < 1.29 is 9.90 Å². The minimum absolute atomic E-state index is 0.0103. The molecule has 0 atom stereocenters. The highest BCUT2D eigenvalue weighted by molar-refractivity contribution is 5.99. The third-order valence-corrected chi connectivity index (χ3v) is 5.33. The first-order chi connectivity index (χ1) is 13.5. The van der Waals surface area contributed by atoms with E-state index in [9.17, 15) is 9.90 Å². The van der Waals surface area contributed by atoms with Gasteiger partial charge in [-0.3, -0.25) is 0 Å². The van der Waals surface area contributed by atoms with Crippen molar-refractivity contribution in [1.29, 1.82) is 0 Å². The van der Waals surface area contributed by atoms with Gasteiger partial charge in [-0.15, -0.1) is 0 Å². The molecule has 1 aliphatic rings. The number of anilines is 1. The predicted molar refractivity (Wildman–Crippen MR) is 107 cm³/mol. The van der Waals surface area contributed by atoms with Gasteiger partial charge in [0.25, 0.3) is 0 Å². The smallest absolute Gasteiger partial charge is 0.354 e. The van der Waals surface area contributed by atoms with Crippen molar-refractivity contribution in [2.75, 3.05) is 19.0 Å². The Morgan fingerprint density at radius 1 is 1.18 bits per heavy atom. The van der Waals surface area contributed by atoms with E-state index in [1.54, 1.807) is 18.5 Å². The molecule has 146 valence electrons. The van der Waals surface area contributed by atoms with Crippen molar-refractivity contribution in [2.24, 2.45) is 0 Å². The van der Waals surface area contributed by atoms with Gasteiger partial charge in [0.2, 0.25) is 5.95 Å². The number of nitrogens with zero attached hydrogens (tertiary/aromatic N) is 6. The Hall–Kier alpha value is -3.03. The average molecular weight is 380 g/mol. The summed E-state index contributed by atoms with van der Waals surface area (Å²) in [6.07, 6.45) is 9.10. The first-order valence-electron chi connectivity index (χ1n) is 9.58. The summed E-state index contributed by atoms with van der Waals surface area (Å²) in [7, 11) is 3.75. The number of aryl methyl sites for hydroxylation is 1. The highest BCUT2D eigenvalue weighted by Gasteiger charge is 2.24. The first kappa shape index (κ1) is 18.3. The molecule has 1 aliphatic carbocycles. The Balaban J connectivity index is 1.92. The van der Waals surface area contributed by atoms with Crippen LogP contribution in [0, 0.1) is 6.92 Å². The van der Waals surface area contributed by atoms with Crippen LogP contribution in [0.1, 0.15) is 54.3 Å². The van der Waals surface area contributed by atoms with Crippen LogP contribution in [0.3, 0.4) is 0 Å². The van der Waals surface area contributed by atoms with E-state index in [4.69, 9.17) is 5.10 Å². The highest BCUT2D eigenvalue weighted by Crippen LogP contribution is 2.35. The number of rotatable bonds is 4. The average Bonchev–Trinajstić information content (AvgIpc) is 3.05. The van der Waals surface area contributed by atoms with Crippen LogP contribution in [0.4, 0.5) is 5.95 Å². The third-order valence-electron chi connectivity index (χ3n) is 5.33. The molecule has 0 amide bonds. The molecule has 4 rings (SSSR count). The second-order valence-electron chi connectivity index (χ2n) is 7.55. The summed E-state index contributed by atoms with van der Waals surface area (Å²) in [5, 5.41) is 15.2. The molecule has 0 spiro atoms. The summed E-state index contributed by atoms with van der Waals surface area (Å²) in [5.74, 6) is -0.454. The third kappa shape index (κ3) is 3.19. The molecule has 0 bridgehead atoms. The van der Waals surface area contributed by atoms with Crippen molar-refractivity contribution in [1.82, 2.24) is 24.7 Å². The fraction of sp³-hybridized carbons (Fsp3) is 0.450. The first-order valence-corrected chi connectivity index (χ1v) is 9.58. The number of pyridine rings is 1.